The fraction of sp³-hybridized carbons (Fsp3) is 0.152. The molecule has 0 heterocycles. The maximum absolute atomic E-state index is 2.40. The number of hydrogen-bond donors (Lipinski definition) is 0. The normalized spacial score (nSPS) is 15.2. The molecule has 0 amide bonds. The smallest absolute Gasteiger partial charge is 0.0463 e. The molecule has 1 aliphatic carbocycles. The summed E-state index contributed by atoms with van der Waals surface area (Å²) in [4.78, 5) is 4.71. The molecule has 174 valence electrons. The summed E-state index contributed by atoms with van der Waals surface area (Å²) in [6.45, 7) is 6.66. The average molecular weight is 457 g/mol. The van der Waals surface area contributed by atoms with Crippen LogP contribution in [0.2, 0.25) is 0 Å². The Morgan fingerprint density at radius 1 is 0.514 bits per heavy atom. The number of para-hydroxylation sites is 2. The third kappa shape index (κ3) is 4.93. The number of benzene rings is 4. The molecule has 35 heavy (non-hydrogen) atoms. The Balaban J connectivity index is 1.57. The van der Waals surface area contributed by atoms with E-state index < -0.39 is 0 Å². The van der Waals surface area contributed by atoms with Crippen LogP contribution in [0.4, 0.5) is 28.4 Å². The lowest BCUT2D eigenvalue weighted by molar-refractivity contribution is 0.647. The Labute approximate surface area is 209 Å². The standard InChI is InChI=1S/C33H32N2/c1-25-14-17-30(18-15-25)34(28-10-6-4-7-11-28)31-19-21-32(22-20-31)35(29-12-8-5-9-13-29)33-23-16-26(2)24-27(33)3/h4-23,27H,24H2,1-3H3. The Hall–Kier alpha value is -4.04. The first-order chi connectivity index (χ1) is 17.1. The molecule has 4 aromatic rings. The van der Waals surface area contributed by atoms with Crippen LogP contribution in [0.15, 0.2) is 133 Å². The van der Waals surface area contributed by atoms with Crippen LogP contribution in [0, 0.1) is 12.8 Å². The van der Waals surface area contributed by atoms with Gasteiger partial charge >= 0.3 is 0 Å². The van der Waals surface area contributed by atoms with Gasteiger partial charge < -0.3 is 9.80 Å². The van der Waals surface area contributed by atoms with E-state index in [2.05, 4.69) is 152 Å². The SMILES string of the molecule is CC1=CC=C(N(c2ccccc2)c2ccc(N(c3ccccc3)c3ccc(C)cc3)cc2)C(C)C1. The maximum atomic E-state index is 2.40. The van der Waals surface area contributed by atoms with E-state index in [9.17, 15) is 0 Å². The van der Waals surface area contributed by atoms with Gasteiger partial charge in [0.15, 0.2) is 0 Å². The second kappa shape index (κ2) is 10.1. The largest absolute Gasteiger partial charge is 0.314 e. The number of hydrogen-bond acceptors (Lipinski definition) is 2. The monoisotopic (exact) mass is 456 g/mol. The summed E-state index contributed by atoms with van der Waals surface area (Å²) < 4.78 is 0. The van der Waals surface area contributed by atoms with Crippen LogP contribution in [-0.2, 0) is 0 Å². The third-order valence-corrected chi connectivity index (χ3v) is 6.62. The number of anilines is 5. The molecule has 0 saturated carbocycles. The first-order valence-electron chi connectivity index (χ1n) is 12.3. The minimum Gasteiger partial charge on any atom is -0.314 e. The van der Waals surface area contributed by atoms with Crippen molar-refractivity contribution in [3.63, 3.8) is 0 Å². The molecule has 0 fully saturated rings. The molecule has 0 N–H and O–H groups in total. The quantitative estimate of drug-likeness (QED) is 0.285. The number of aryl methyl sites for hydroxylation is 1. The molecule has 0 spiro atoms. The second-order valence-corrected chi connectivity index (χ2v) is 9.40. The van der Waals surface area contributed by atoms with Gasteiger partial charge in [-0.1, -0.05) is 72.7 Å². The number of allylic oxidation sites excluding steroid dienone is 4. The zero-order valence-electron chi connectivity index (χ0n) is 20.7. The Kier molecular flexibility index (Phi) is 6.54. The molecular formula is C33H32N2. The zero-order valence-corrected chi connectivity index (χ0v) is 20.7. The van der Waals surface area contributed by atoms with Crippen LogP contribution in [0.25, 0.3) is 0 Å². The lowest BCUT2D eigenvalue weighted by atomic mass is 9.92. The molecule has 1 unspecified atom stereocenters. The minimum atomic E-state index is 0.452. The lowest BCUT2D eigenvalue weighted by Crippen LogP contribution is -2.23. The zero-order chi connectivity index (χ0) is 24.2. The van der Waals surface area contributed by atoms with Crippen molar-refractivity contribution in [1.29, 1.82) is 0 Å². The van der Waals surface area contributed by atoms with Gasteiger partial charge in [-0.2, -0.15) is 0 Å². The molecule has 2 heteroatoms. The summed E-state index contributed by atoms with van der Waals surface area (Å²) in [5, 5.41) is 0. The van der Waals surface area contributed by atoms with Crippen molar-refractivity contribution in [1.82, 2.24) is 0 Å². The van der Waals surface area contributed by atoms with Crippen LogP contribution in [0.1, 0.15) is 25.8 Å². The molecule has 0 bridgehead atoms. The Morgan fingerprint density at radius 2 is 0.943 bits per heavy atom. The molecule has 5 rings (SSSR count). The van der Waals surface area contributed by atoms with Gasteiger partial charge in [0.25, 0.3) is 0 Å². The Morgan fingerprint density at radius 3 is 1.46 bits per heavy atom. The van der Waals surface area contributed by atoms with Crippen LogP contribution >= 0.6 is 0 Å². The van der Waals surface area contributed by atoms with E-state index in [1.165, 1.54) is 28.2 Å². The summed E-state index contributed by atoms with van der Waals surface area (Å²) in [6.07, 6.45) is 5.63. The summed E-state index contributed by atoms with van der Waals surface area (Å²) >= 11 is 0. The highest BCUT2D eigenvalue weighted by molar-refractivity contribution is 5.79. The van der Waals surface area contributed by atoms with Crippen molar-refractivity contribution in [3.8, 4) is 0 Å². The van der Waals surface area contributed by atoms with Gasteiger partial charge in [0.1, 0.15) is 0 Å². The molecule has 4 aromatic carbocycles. The van der Waals surface area contributed by atoms with Crippen molar-refractivity contribution in [2.24, 2.45) is 5.92 Å². The molecule has 1 aliphatic rings. The summed E-state index contributed by atoms with van der Waals surface area (Å²) in [6, 6.07) is 38.9. The van der Waals surface area contributed by atoms with Gasteiger partial charge in [-0.3, -0.25) is 0 Å². The van der Waals surface area contributed by atoms with Crippen LogP contribution < -0.4 is 9.80 Å². The van der Waals surface area contributed by atoms with E-state index >= 15 is 0 Å². The first kappa shape index (κ1) is 22.7. The van der Waals surface area contributed by atoms with Crippen molar-refractivity contribution in [2.75, 3.05) is 9.80 Å². The molecule has 0 saturated heterocycles. The summed E-state index contributed by atoms with van der Waals surface area (Å²) in [5.41, 5.74) is 9.81. The van der Waals surface area contributed by atoms with E-state index in [0.717, 1.165) is 23.5 Å². The predicted molar refractivity (Wildman–Crippen MR) is 150 cm³/mol. The average Bonchev–Trinajstić information content (AvgIpc) is 2.89. The topological polar surface area (TPSA) is 6.48 Å². The molecular weight excluding hydrogens is 424 g/mol. The molecule has 0 aromatic heterocycles. The summed E-state index contributed by atoms with van der Waals surface area (Å²) in [5.74, 6) is 0.452. The predicted octanol–water partition coefficient (Wildman–Crippen LogP) is 9.47. The Bertz CT molecular complexity index is 1320. The van der Waals surface area contributed by atoms with Crippen LogP contribution in [0.3, 0.4) is 0 Å². The number of nitrogens with zero attached hydrogens (tertiary/aromatic N) is 2. The van der Waals surface area contributed by atoms with E-state index in [0.29, 0.717) is 5.92 Å². The van der Waals surface area contributed by atoms with Crippen molar-refractivity contribution in [3.05, 3.63) is 138 Å². The van der Waals surface area contributed by atoms with Crippen LogP contribution in [0.5, 0.6) is 0 Å². The van der Waals surface area contributed by atoms with E-state index in [4.69, 9.17) is 0 Å². The van der Waals surface area contributed by atoms with Crippen molar-refractivity contribution < 1.29 is 0 Å². The van der Waals surface area contributed by atoms with E-state index in [1.54, 1.807) is 0 Å². The van der Waals surface area contributed by atoms with Crippen molar-refractivity contribution in [2.45, 2.75) is 27.2 Å². The highest BCUT2D eigenvalue weighted by atomic mass is 15.2. The van der Waals surface area contributed by atoms with Gasteiger partial charge in [-0.25, -0.2) is 0 Å². The highest BCUT2D eigenvalue weighted by Gasteiger charge is 2.22. The second-order valence-electron chi connectivity index (χ2n) is 9.40. The third-order valence-electron chi connectivity index (χ3n) is 6.62. The van der Waals surface area contributed by atoms with E-state index in [-0.39, 0.29) is 0 Å². The van der Waals surface area contributed by atoms with Gasteiger partial charge in [0.2, 0.25) is 0 Å². The van der Waals surface area contributed by atoms with Gasteiger partial charge in [-0.15, -0.1) is 0 Å². The van der Waals surface area contributed by atoms with E-state index in [1.807, 2.05) is 0 Å². The lowest BCUT2D eigenvalue weighted by Gasteiger charge is -2.33. The highest BCUT2D eigenvalue weighted by Crippen LogP contribution is 2.39. The van der Waals surface area contributed by atoms with Gasteiger partial charge in [0.05, 0.1) is 0 Å². The molecule has 2 nitrogen and oxygen atoms in total. The summed E-state index contributed by atoms with van der Waals surface area (Å²) in [7, 11) is 0. The van der Waals surface area contributed by atoms with Crippen LogP contribution in [-0.4, -0.2) is 0 Å². The molecule has 1 atom stereocenters. The first-order valence-corrected chi connectivity index (χ1v) is 12.3. The molecule has 0 radical (unpaired) electrons. The fourth-order valence-electron chi connectivity index (χ4n) is 4.84. The van der Waals surface area contributed by atoms with Crippen molar-refractivity contribution >= 4 is 28.4 Å². The maximum Gasteiger partial charge on any atom is 0.0463 e. The van der Waals surface area contributed by atoms with Gasteiger partial charge in [0, 0.05) is 40.1 Å². The minimum absolute atomic E-state index is 0.452. The van der Waals surface area contributed by atoms with Gasteiger partial charge in [-0.05, 0) is 87.0 Å². The molecule has 0 aliphatic heterocycles. The fourth-order valence-corrected chi connectivity index (χ4v) is 4.84. The number of rotatable bonds is 6.